The van der Waals surface area contributed by atoms with Gasteiger partial charge in [0.05, 0.1) is 5.91 Å². The average molecular weight is 287 g/mol. The molecule has 0 aliphatic carbocycles. The number of pyridine rings is 1. The zero-order chi connectivity index (χ0) is 13.8. The van der Waals surface area contributed by atoms with Crippen molar-refractivity contribution in [3.63, 3.8) is 0 Å². The molecule has 1 aromatic heterocycles. The Morgan fingerprint density at radius 1 is 1.42 bits per heavy atom. The second-order valence-corrected chi connectivity index (χ2v) is 3.26. The van der Waals surface area contributed by atoms with Crippen LogP contribution in [0.2, 0.25) is 0 Å². The molecule has 0 aromatic carbocycles. The third kappa shape index (κ3) is 11.3. The Morgan fingerprint density at radius 3 is 2.42 bits per heavy atom. The van der Waals surface area contributed by atoms with Gasteiger partial charge in [-0.2, -0.15) is 12.5 Å². The van der Waals surface area contributed by atoms with E-state index in [4.69, 9.17) is 0 Å². The van der Waals surface area contributed by atoms with Crippen LogP contribution in [-0.2, 0) is 16.0 Å². The molecule has 1 aliphatic heterocycles. The van der Waals surface area contributed by atoms with Gasteiger partial charge in [-0.3, -0.25) is 4.79 Å². The molecule has 1 N–H and O–H groups in total. The van der Waals surface area contributed by atoms with Crippen molar-refractivity contribution in [3.05, 3.63) is 36.5 Å². The molecule has 1 saturated heterocycles. The van der Waals surface area contributed by atoms with Crippen LogP contribution in [-0.4, -0.2) is 16.8 Å². The van der Waals surface area contributed by atoms with Crippen LogP contribution in [0.4, 0.5) is 0 Å². The fourth-order valence-electron chi connectivity index (χ4n) is 1.14. The number of aromatic nitrogens is 1. The van der Waals surface area contributed by atoms with E-state index in [0.29, 0.717) is 12.8 Å². The summed E-state index contributed by atoms with van der Waals surface area (Å²) in [6, 6.07) is 6.71. The summed E-state index contributed by atoms with van der Waals surface area (Å²) >= 11 is 0. The van der Waals surface area contributed by atoms with Crippen LogP contribution in [0.3, 0.4) is 0 Å². The molecule has 1 aliphatic rings. The monoisotopic (exact) mass is 287 g/mol. The van der Waals surface area contributed by atoms with Gasteiger partial charge in [0.1, 0.15) is 0 Å². The fraction of sp³-hybridized carbons (Fsp3) is 0.429. The molecule has 5 heteroatoms. The maximum Gasteiger partial charge on any atom is 1.00 e. The van der Waals surface area contributed by atoms with E-state index in [0.717, 1.165) is 12.1 Å². The second kappa shape index (κ2) is 14.2. The minimum Gasteiger partial charge on any atom is -0.322 e. The zero-order valence-corrected chi connectivity index (χ0v) is 15.3. The molecule has 0 saturated carbocycles. The summed E-state index contributed by atoms with van der Waals surface area (Å²) in [6.07, 6.45) is 5.21. The molecule has 0 radical (unpaired) electrons. The van der Waals surface area contributed by atoms with E-state index in [-0.39, 0.29) is 63.2 Å². The summed E-state index contributed by atoms with van der Waals surface area (Å²) in [4.78, 5) is 24.6. The van der Waals surface area contributed by atoms with Crippen LogP contribution in [0.25, 0.3) is 0 Å². The summed E-state index contributed by atoms with van der Waals surface area (Å²) in [5.41, 5.74) is 1.13. The Labute approximate surface area is 158 Å². The van der Waals surface area contributed by atoms with Crippen molar-refractivity contribution in [1.82, 2.24) is 10.3 Å². The quantitative estimate of drug-likeness (QED) is 0.414. The number of nitrogens with one attached hydrogen (secondary N) is 1. The Morgan fingerprint density at radius 2 is 2.11 bits per heavy atom. The van der Waals surface area contributed by atoms with Crippen molar-refractivity contribution in [1.29, 1.82) is 0 Å². The number of hydrogen-bond donors (Lipinski definition) is 1. The fourth-order valence-corrected chi connectivity index (χ4v) is 1.14. The van der Waals surface area contributed by atoms with Crippen molar-refractivity contribution in [2.45, 2.75) is 40.0 Å². The maximum absolute atomic E-state index is 10.3. The molecule has 1 aromatic rings. The Bertz CT molecular complexity index is 342. The van der Waals surface area contributed by atoms with E-state index in [1.807, 2.05) is 26.0 Å². The van der Waals surface area contributed by atoms with Gasteiger partial charge in [-0.15, -0.1) is 0 Å². The van der Waals surface area contributed by atoms with Gasteiger partial charge >= 0.3 is 51.4 Å². The predicted octanol–water partition coefficient (Wildman–Crippen LogP) is -0.898. The number of rotatable bonds is 1. The van der Waals surface area contributed by atoms with Crippen molar-refractivity contribution >= 4 is 11.8 Å². The van der Waals surface area contributed by atoms with E-state index in [1.165, 1.54) is 6.42 Å². The smallest absolute Gasteiger partial charge is 0.322 e. The first-order valence-corrected chi connectivity index (χ1v) is 6.20. The van der Waals surface area contributed by atoms with Crippen LogP contribution < -0.4 is 56.7 Å². The predicted molar refractivity (Wildman–Crippen MR) is 70.5 cm³/mol. The molecule has 19 heavy (non-hydrogen) atoms. The number of hydrogen-bond acceptors (Lipinski definition) is 3. The first-order chi connectivity index (χ1) is 8.72. The minimum atomic E-state index is -0.263. The molecule has 0 spiro atoms. The van der Waals surface area contributed by atoms with Crippen molar-refractivity contribution < 1.29 is 61.0 Å². The largest absolute Gasteiger partial charge is 1.00 e. The van der Waals surface area contributed by atoms with Crippen LogP contribution in [0.1, 0.15) is 39.3 Å². The standard InChI is InChI=1S/C7H8N.C5H6NO2.C2H6.K/c1-2-7-5-3-4-6-8-7;7-4-2-1-3-5(8)6-4;1-2;/h3,5-6H,2H2,1H3;2H,1,3H2,(H,6,7,8);1-2H3;/q2*-1;;+1. The number of nitrogens with zero attached hydrogens (tertiary/aromatic N) is 1. The summed E-state index contributed by atoms with van der Waals surface area (Å²) < 4.78 is 0. The van der Waals surface area contributed by atoms with Crippen LogP contribution in [0, 0.1) is 12.5 Å². The molecule has 0 unspecified atom stereocenters. The van der Waals surface area contributed by atoms with Gasteiger partial charge in [-0.05, 0) is 12.1 Å². The van der Waals surface area contributed by atoms with E-state index in [2.05, 4.69) is 23.3 Å². The normalized spacial score (nSPS) is 12.4. The molecule has 100 valence electrons. The van der Waals surface area contributed by atoms with Crippen molar-refractivity contribution in [3.8, 4) is 0 Å². The summed E-state index contributed by atoms with van der Waals surface area (Å²) in [7, 11) is 0. The van der Waals surface area contributed by atoms with Gasteiger partial charge in [0.2, 0.25) is 5.91 Å². The Hall–Kier alpha value is -0.204. The van der Waals surface area contributed by atoms with Crippen LogP contribution in [0.5, 0.6) is 0 Å². The van der Waals surface area contributed by atoms with Gasteiger partial charge in [0.25, 0.3) is 0 Å². The molecule has 0 bridgehead atoms. The Balaban J connectivity index is 0. The SMILES string of the molecule is CC.CCc1cc[c-]cn1.O=C1[CH-]CCC(=O)N1.[K+]. The zero-order valence-electron chi connectivity index (χ0n) is 12.2. The molecular formula is C14H20KN2O2-. The Kier molecular flexibility index (Phi) is 15.8. The van der Waals surface area contributed by atoms with E-state index < -0.39 is 0 Å². The number of aryl methyl sites for hydroxylation is 1. The molecule has 4 nitrogen and oxygen atoms in total. The van der Waals surface area contributed by atoms with Gasteiger partial charge in [-0.25, -0.2) is 12.1 Å². The average Bonchev–Trinajstić information content (AvgIpc) is 2.42. The summed E-state index contributed by atoms with van der Waals surface area (Å²) in [5, 5.41) is 2.15. The van der Waals surface area contributed by atoms with Crippen LogP contribution in [0.15, 0.2) is 18.3 Å². The second-order valence-electron chi connectivity index (χ2n) is 3.26. The van der Waals surface area contributed by atoms with Crippen molar-refractivity contribution in [2.24, 2.45) is 0 Å². The number of carbonyl (C=O) groups excluding carboxylic acids is 2. The minimum absolute atomic E-state index is 0. The van der Waals surface area contributed by atoms with Crippen molar-refractivity contribution in [2.75, 3.05) is 0 Å². The topological polar surface area (TPSA) is 59.1 Å². The van der Waals surface area contributed by atoms with Gasteiger partial charge in [-0.1, -0.05) is 27.0 Å². The maximum atomic E-state index is 10.3. The molecular weight excluding hydrogens is 267 g/mol. The molecule has 2 rings (SSSR count). The molecule has 1 fully saturated rings. The van der Waals surface area contributed by atoms with Gasteiger partial charge in [0.15, 0.2) is 0 Å². The molecule has 2 amide bonds. The van der Waals surface area contributed by atoms with E-state index >= 15 is 0 Å². The number of piperidine rings is 1. The molecule has 0 atom stereocenters. The summed E-state index contributed by atoms with van der Waals surface area (Å²) in [5.74, 6) is -0.432. The summed E-state index contributed by atoms with van der Waals surface area (Å²) in [6.45, 7) is 6.09. The third-order valence-corrected chi connectivity index (χ3v) is 2.00. The first kappa shape index (κ1) is 21.1. The molecule has 2 heterocycles. The van der Waals surface area contributed by atoms with E-state index in [1.54, 1.807) is 6.20 Å². The number of carbonyl (C=O) groups is 2. The van der Waals surface area contributed by atoms with Gasteiger partial charge in [0, 0.05) is 6.42 Å². The van der Waals surface area contributed by atoms with E-state index in [9.17, 15) is 9.59 Å². The number of amides is 2. The first-order valence-electron chi connectivity index (χ1n) is 6.20. The third-order valence-electron chi connectivity index (χ3n) is 2.00. The van der Waals surface area contributed by atoms with Crippen LogP contribution >= 0.6 is 0 Å². The van der Waals surface area contributed by atoms with Gasteiger partial charge < -0.3 is 21.5 Å². The number of imide groups is 1.